The molecule has 0 aliphatic heterocycles. The van der Waals surface area contributed by atoms with Crippen LogP contribution >= 0.6 is 0 Å². The van der Waals surface area contributed by atoms with Gasteiger partial charge in [0.15, 0.2) is 0 Å². The second kappa shape index (κ2) is 7.01. The number of aryl methyl sites for hydroxylation is 1. The van der Waals surface area contributed by atoms with Crippen molar-refractivity contribution < 1.29 is 9.53 Å². The molecule has 1 heterocycles. The van der Waals surface area contributed by atoms with Gasteiger partial charge in [-0.2, -0.15) is 0 Å². The number of nitrogens with one attached hydrogen (secondary N) is 1. The summed E-state index contributed by atoms with van der Waals surface area (Å²) in [7, 11) is 0. The molecule has 6 heteroatoms. The summed E-state index contributed by atoms with van der Waals surface area (Å²) in [5.74, 6) is 0.618. The highest BCUT2D eigenvalue weighted by Crippen LogP contribution is 1.99. The third-order valence-electron chi connectivity index (χ3n) is 2.52. The highest BCUT2D eigenvalue weighted by Gasteiger charge is 2.17. The smallest absolute Gasteiger partial charge is 0.323 e. The molecule has 0 aliphatic rings. The maximum atomic E-state index is 11.6. The van der Waals surface area contributed by atoms with Gasteiger partial charge in [-0.05, 0) is 20.3 Å². The van der Waals surface area contributed by atoms with Crippen LogP contribution in [0.2, 0.25) is 0 Å². The summed E-state index contributed by atoms with van der Waals surface area (Å²) >= 11 is 0. The summed E-state index contributed by atoms with van der Waals surface area (Å²) in [6.45, 7) is 7.51. The van der Waals surface area contributed by atoms with Gasteiger partial charge in [0.25, 0.3) is 0 Å². The molecule has 0 saturated heterocycles. The molecular weight excluding hydrogens is 220 g/mol. The molecule has 6 nitrogen and oxygen atoms in total. The molecule has 1 unspecified atom stereocenters. The Morgan fingerprint density at radius 1 is 1.53 bits per heavy atom. The van der Waals surface area contributed by atoms with Crippen LogP contribution in [0.1, 0.15) is 33.0 Å². The lowest BCUT2D eigenvalue weighted by molar-refractivity contribution is -0.145. The number of nitrogens with zero attached hydrogens (tertiary/aromatic N) is 3. The number of carbonyl (C=O) groups is 1. The van der Waals surface area contributed by atoms with Crippen molar-refractivity contribution in [3.05, 3.63) is 12.2 Å². The predicted octanol–water partition coefficient (Wildman–Crippen LogP) is 0.729. The largest absolute Gasteiger partial charge is 0.465 e. The zero-order valence-electron chi connectivity index (χ0n) is 10.6. The van der Waals surface area contributed by atoms with Crippen LogP contribution in [0.4, 0.5) is 0 Å². The number of aromatic nitrogens is 3. The molecule has 1 aromatic heterocycles. The van der Waals surface area contributed by atoms with E-state index in [1.807, 2.05) is 18.4 Å². The van der Waals surface area contributed by atoms with E-state index in [0.717, 1.165) is 12.4 Å². The standard InChI is InChI=1S/C11H20N4O2/c1-4-9(11(16)17-6-3)12-7-10-14-13-8-15(10)5-2/h8-9,12H,4-7H2,1-3H3. The van der Waals surface area contributed by atoms with Crippen LogP contribution in [-0.2, 0) is 22.6 Å². The average molecular weight is 240 g/mol. The van der Waals surface area contributed by atoms with Gasteiger partial charge in [0, 0.05) is 6.54 Å². The SMILES string of the molecule is CCOC(=O)C(CC)NCc1nncn1CC. The zero-order chi connectivity index (χ0) is 12.7. The van der Waals surface area contributed by atoms with E-state index in [0.29, 0.717) is 19.6 Å². The van der Waals surface area contributed by atoms with Gasteiger partial charge in [-0.15, -0.1) is 10.2 Å². The second-order valence-corrected chi connectivity index (χ2v) is 3.63. The lowest BCUT2D eigenvalue weighted by Crippen LogP contribution is -2.37. The number of hydrogen-bond donors (Lipinski definition) is 1. The van der Waals surface area contributed by atoms with E-state index < -0.39 is 0 Å². The zero-order valence-corrected chi connectivity index (χ0v) is 10.6. The van der Waals surface area contributed by atoms with Gasteiger partial charge in [-0.25, -0.2) is 0 Å². The van der Waals surface area contributed by atoms with Gasteiger partial charge in [-0.3, -0.25) is 10.1 Å². The third kappa shape index (κ3) is 3.81. The van der Waals surface area contributed by atoms with Crippen molar-refractivity contribution in [3.63, 3.8) is 0 Å². The molecule has 1 rings (SSSR count). The molecule has 0 saturated carbocycles. The number of hydrogen-bond acceptors (Lipinski definition) is 5. The molecule has 17 heavy (non-hydrogen) atoms. The molecule has 1 N–H and O–H groups in total. The Labute approximate surface area is 101 Å². The van der Waals surface area contributed by atoms with Crippen LogP contribution in [0, 0.1) is 0 Å². The number of esters is 1. The molecule has 0 aliphatic carbocycles. The van der Waals surface area contributed by atoms with Gasteiger partial charge in [-0.1, -0.05) is 6.92 Å². The summed E-state index contributed by atoms with van der Waals surface area (Å²) in [5.41, 5.74) is 0. The average Bonchev–Trinajstić information content (AvgIpc) is 2.77. The molecular formula is C11H20N4O2. The van der Waals surface area contributed by atoms with E-state index in [2.05, 4.69) is 15.5 Å². The first-order valence-corrected chi connectivity index (χ1v) is 5.99. The Morgan fingerprint density at radius 2 is 2.29 bits per heavy atom. The van der Waals surface area contributed by atoms with Gasteiger partial charge in [0.05, 0.1) is 13.2 Å². The molecule has 1 aromatic rings. The minimum Gasteiger partial charge on any atom is -0.465 e. The summed E-state index contributed by atoms with van der Waals surface area (Å²) in [6, 6.07) is -0.281. The Hall–Kier alpha value is -1.43. The Bertz CT molecular complexity index is 351. The van der Waals surface area contributed by atoms with Crippen LogP contribution in [-0.4, -0.2) is 33.4 Å². The van der Waals surface area contributed by atoms with Crippen molar-refractivity contribution in [1.82, 2.24) is 20.1 Å². The molecule has 96 valence electrons. The van der Waals surface area contributed by atoms with Crippen LogP contribution in [0.25, 0.3) is 0 Å². The summed E-state index contributed by atoms with van der Waals surface area (Å²) < 4.78 is 6.91. The van der Waals surface area contributed by atoms with Crippen molar-refractivity contribution in [1.29, 1.82) is 0 Å². The van der Waals surface area contributed by atoms with E-state index >= 15 is 0 Å². The molecule has 0 aromatic carbocycles. The van der Waals surface area contributed by atoms with E-state index in [4.69, 9.17) is 4.74 Å². The Morgan fingerprint density at radius 3 is 2.88 bits per heavy atom. The molecule has 0 radical (unpaired) electrons. The number of ether oxygens (including phenoxy) is 1. The van der Waals surface area contributed by atoms with Gasteiger partial charge >= 0.3 is 5.97 Å². The summed E-state index contributed by atoms with van der Waals surface area (Å²) in [6.07, 6.45) is 2.38. The minimum absolute atomic E-state index is 0.211. The summed E-state index contributed by atoms with van der Waals surface area (Å²) in [4.78, 5) is 11.6. The topological polar surface area (TPSA) is 69.0 Å². The lowest BCUT2D eigenvalue weighted by Gasteiger charge is -2.15. The van der Waals surface area contributed by atoms with E-state index in [9.17, 15) is 4.79 Å². The maximum Gasteiger partial charge on any atom is 0.323 e. The van der Waals surface area contributed by atoms with Crippen LogP contribution in [0.5, 0.6) is 0 Å². The molecule has 0 amide bonds. The first-order valence-electron chi connectivity index (χ1n) is 5.99. The molecule has 1 atom stereocenters. The first kappa shape index (κ1) is 13.6. The van der Waals surface area contributed by atoms with Crippen molar-refractivity contribution in [2.24, 2.45) is 0 Å². The van der Waals surface area contributed by atoms with Crippen molar-refractivity contribution in [2.45, 2.75) is 46.3 Å². The van der Waals surface area contributed by atoms with Gasteiger partial charge in [0.2, 0.25) is 0 Å². The maximum absolute atomic E-state index is 11.6. The number of carbonyl (C=O) groups excluding carboxylic acids is 1. The number of rotatable bonds is 7. The van der Waals surface area contributed by atoms with E-state index in [-0.39, 0.29) is 12.0 Å². The normalized spacial score (nSPS) is 12.4. The minimum atomic E-state index is -0.281. The Kier molecular flexibility index (Phi) is 5.62. The third-order valence-corrected chi connectivity index (χ3v) is 2.52. The Balaban J connectivity index is 2.50. The van der Waals surface area contributed by atoms with Crippen molar-refractivity contribution in [2.75, 3.05) is 6.61 Å². The molecule has 0 bridgehead atoms. The lowest BCUT2D eigenvalue weighted by atomic mass is 10.2. The highest BCUT2D eigenvalue weighted by molar-refractivity contribution is 5.75. The fourth-order valence-electron chi connectivity index (χ4n) is 1.53. The fourth-order valence-corrected chi connectivity index (χ4v) is 1.53. The highest BCUT2D eigenvalue weighted by atomic mass is 16.5. The second-order valence-electron chi connectivity index (χ2n) is 3.63. The van der Waals surface area contributed by atoms with Crippen LogP contribution < -0.4 is 5.32 Å². The fraction of sp³-hybridized carbons (Fsp3) is 0.727. The van der Waals surface area contributed by atoms with Crippen LogP contribution in [0.3, 0.4) is 0 Å². The molecule has 0 spiro atoms. The van der Waals surface area contributed by atoms with E-state index in [1.165, 1.54) is 0 Å². The van der Waals surface area contributed by atoms with Crippen LogP contribution in [0.15, 0.2) is 6.33 Å². The monoisotopic (exact) mass is 240 g/mol. The predicted molar refractivity (Wildman–Crippen MR) is 63.2 cm³/mol. The quantitative estimate of drug-likeness (QED) is 0.711. The molecule has 0 fully saturated rings. The summed E-state index contributed by atoms with van der Waals surface area (Å²) in [5, 5.41) is 11.0. The van der Waals surface area contributed by atoms with Gasteiger partial charge < -0.3 is 9.30 Å². The van der Waals surface area contributed by atoms with Gasteiger partial charge in [0.1, 0.15) is 18.2 Å². The van der Waals surface area contributed by atoms with Crippen molar-refractivity contribution >= 4 is 5.97 Å². The van der Waals surface area contributed by atoms with Crippen molar-refractivity contribution in [3.8, 4) is 0 Å². The first-order chi connectivity index (χ1) is 8.22. The van der Waals surface area contributed by atoms with E-state index in [1.54, 1.807) is 13.3 Å².